The Hall–Kier alpha value is -2.38. The van der Waals surface area contributed by atoms with Crippen LogP contribution in [0.25, 0.3) is 5.69 Å². The molecule has 1 N–H and O–H groups in total. The maximum atomic E-state index is 13.8. The molecular weight excluding hydrogens is 275 g/mol. The van der Waals surface area contributed by atoms with Crippen molar-refractivity contribution in [2.75, 3.05) is 0 Å². The van der Waals surface area contributed by atoms with Crippen LogP contribution < -0.4 is 0 Å². The van der Waals surface area contributed by atoms with Gasteiger partial charge in [-0.15, -0.1) is 5.10 Å². The van der Waals surface area contributed by atoms with Gasteiger partial charge in [0.05, 0.1) is 5.69 Å². The third-order valence-electron chi connectivity index (χ3n) is 3.07. The maximum absolute atomic E-state index is 13.8. The van der Waals surface area contributed by atoms with Gasteiger partial charge in [-0.1, -0.05) is 5.21 Å². The van der Waals surface area contributed by atoms with Crippen LogP contribution in [0.2, 0.25) is 0 Å². The van der Waals surface area contributed by atoms with Gasteiger partial charge in [0, 0.05) is 18.1 Å². The maximum Gasteiger partial charge on any atom is 0.358 e. The monoisotopic (exact) mass is 283 g/mol. The predicted molar refractivity (Wildman–Crippen MR) is 60.2 cm³/mol. The van der Waals surface area contributed by atoms with Crippen molar-refractivity contribution in [3.8, 4) is 5.69 Å². The van der Waals surface area contributed by atoms with Crippen molar-refractivity contribution in [1.29, 1.82) is 0 Å². The highest BCUT2D eigenvalue weighted by atomic mass is 19.2. The third-order valence-corrected chi connectivity index (χ3v) is 3.07. The van der Waals surface area contributed by atoms with Gasteiger partial charge in [-0.2, -0.15) is 0 Å². The molecule has 0 amide bonds. The molecule has 2 aromatic rings. The summed E-state index contributed by atoms with van der Waals surface area (Å²) in [4.78, 5) is 11.1. The number of hydrogen-bond acceptors (Lipinski definition) is 3. The lowest BCUT2D eigenvalue weighted by molar-refractivity contribution is 0.0689. The molecule has 1 aliphatic carbocycles. The molecular formula is C12H8F3N3O2. The van der Waals surface area contributed by atoms with Crippen molar-refractivity contribution >= 4 is 5.97 Å². The van der Waals surface area contributed by atoms with E-state index in [-0.39, 0.29) is 17.3 Å². The molecule has 1 heterocycles. The van der Waals surface area contributed by atoms with Crippen LogP contribution in [0.3, 0.4) is 0 Å². The highest BCUT2D eigenvalue weighted by Crippen LogP contribution is 2.42. The molecule has 0 radical (unpaired) electrons. The molecule has 0 bridgehead atoms. The smallest absolute Gasteiger partial charge is 0.358 e. The van der Waals surface area contributed by atoms with Gasteiger partial charge in [-0.05, 0) is 12.8 Å². The first-order chi connectivity index (χ1) is 9.49. The van der Waals surface area contributed by atoms with Gasteiger partial charge in [0.25, 0.3) is 0 Å². The van der Waals surface area contributed by atoms with Gasteiger partial charge in [0.2, 0.25) is 0 Å². The minimum Gasteiger partial charge on any atom is -0.476 e. The zero-order valence-corrected chi connectivity index (χ0v) is 9.98. The van der Waals surface area contributed by atoms with E-state index in [1.54, 1.807) is 0 Å². The summed E-state index contributed by atoms with van der Waals surface area (Å²) in [5.74, 6) is -5.09. The van der Waals surface area contributed by atoms with E-state index < -0.39 is 29.1 Å². The van der Waals surface area contributed by atoms with E-state index in [2.05, 4.69) is 10.3 Å². The van der Waals surface area contributed by atoms with E-state index in [1.165, 1.54) is 0 Å². The molecule has 0 saturated heterocycles. The van der Waals surface area contributed by atoms with Crippen LogP contribution in [0.5, 0.6) is 0 Å². The summed E-state index contributed by atoms with van der Waals surface area (Å²) < 4.78 is 41.1. The van der Waals surface area contributed by atoms with Gasteiger partial charge in [-0.25, -0.2) is 22.6 Å². The van der Waals surface area contributed by atoms with Gasteiger partial charge in [-0.3, -0.25) is 0 Å². The summed E-state index contributed by atoms with van der Waals surface area (Å²) in [5.41, 5.74) is -0.637. The molecule has 1 aromatic heterocycles. The summed E-state index contributed by atoms with van der Waals surface area (Å²) in [7, 11) is 0. The summed E-state index contributed by atoms with van der Waals surface area (Å²) in [6.07, 6.45) is 1.40. The Morgan fingerprint density at radius 3 is 2.60 bits per heavy atom. The molecule has 1 aromatic carbocycles. The Labute approximate surface area is 110 Å². The lowest BCUT2D eigenvalue weighted by Crippen LogP contribution is -2.08. The van der Waals surface area contributed by atoms with Crippen LogP contribution in [0.15, 0.2) is 12.1 Å². The number of hydrogen-bond donors (Lipinski definition) is 1. The Kier molecular flexibility index (Phi) is 2.73. The standard InChI is InChI=1S/C12H8F3N3O2/c13-6-3-7(14)9(15)8(4-6)18-11(5-1-2-5)10(12(19)20)16-17-18/h3-5H,1-2H2,(H,19,20). The first-order valence-corrected chi connectivity index (χ1v) is 5.83. The van der Waals surface area contributed by atoms with E-state index in [9.17, 15) is 18.0 Å². The number of halogens is 3. The van der Waals surface area contributed by atoms with Crippen molar-refractivity contribution in [2.24, 2.45) is 0 Å². The zero-order valence-electron chi connectivity index (χ0n) is 9.98. The average Bonchev–Trinajstić information content (AvgIpc) is 3.12. The van der Waals surface area contributed by atoms with Gasteiger partial charge >= 0.3 is 5.97 Å². The second kappa shape index (κ2) is 4.32. The lowest BCUT2D eigenvalue weighted by Gasteiger charge is -2.08. The van der Waals surface area contributed by atoms with Gasteiger partial charge in [0.15, 0.2) is 17.3 Å². The second-order valence-corrected chi connectivity index (χ2v) is 4.54. The molecule has 1 saturated carbocycles. The van der Waals surface area contributed by atoms with E-state index >= 15 is 0 Å². The van der Waals surface area contributed by atoms with E-state index in [0.29, 0.717) is 18.9 Å². The first kappa shape index (κ1) is 12.6. The molecule has 0 unspecified atom stereocenters. The van der Waals surface area contributed by atoms with Gasteiger partial charge in [0.1, 0.15) is 11.5 Å². The number of rotatable bonds is 3. The number of carbonyl (C=O) groups is 1. The SMILES string of the molecule is O=C(O)c1nnn(-c2cc(F)cc(F)c2F)c1C1CC1. The molecule has 0 aliphatic heterocycles. The summed E-state index contributed by atoms with van der Waals surface area (Å²) in [6.45, 7) is 0. The minimum absolute atomic E-state index is 0.137. The van der Waals surface area contributed by atoms with Crippen LogP contribution in [0.1, 0.15) is 34.9 Å². The molecule has 8 heteroatoms. The molecule has 0 atom stereocenters. The summed E-state index contributed by atoms with van der Waals surface area (Å²) in [6, 6.07) is 1.16. The number of aromatic carboxylic acids is 1. The second-order valence-electron chi connectivity index (χ2n) is 4.54. The van der Waals surface area contributed by atoms with Crippen LogP contribution >= 0.6 is 0 Å². The summed E-state index contributed by atoms with van der Waals surface area (Å²) in [5, 5.41) is 16.0. The topological polar surface area (TPSA) is 68.0 Å². The molecule has 0 spiro atoms. The fourth-order valence-corrected chi connectivity index (χ4v) is 2.04. The fourth-order valence-electron chi connectivity index (χ4n) is 2.04. The fraction of sp³-hybridized carbons (Fsp3) is 0.250. The Morgan fingerprint density at radius 1 is 1.30 bits per heavy atom. The molecule has 5 nitrogen and oxygen atoms in total. The molecule has 3 rings (SSSR count). The third kappa shape index (κ3) is 1.93. The first-order valence-electron chi connectivity index (χ1n) is 5.83. The molecule has 1 aliphatic rings. The summed E-state index contributed by atoms with van der Waals surface area (Å²) >= 11 is 0. The normalized spacial score (nSPS) is 14.6. The largest absolute Gasteiger partial charge is 0.476 e. The van der Waals surface area contributed by atoms with Crippen LogP contribution in [-0.2, 0) is 0 Å². The van der Waals surface area contributed by atoms with Crippen molar-refractivity contribution in [3.05, 3.63) is 41.0 Å². The quantitative estimate of drug-likeness (QED) is 0.877. The highest BCUT2D eigenvalue weighted by Gasteiger charge is 2.35. The Morgan fingerprint density at radius 2 is 2.00 bits per heavy atom. The van der Waals surface area contributed by atoms with E-state index in [4.69, 9.17) is 5.11 Å². The van der Waals surface area contributed by atoms with Crippen molar-refractivity contribution in [1.82, 2.24) is 15.0 Å². The predicted octanol–water partition coefficient (Wildman–Crippen LogP) is 2.26. The van der Waals surface area contributed by atoms with Crippen molar-refractivity contribution in [2.45, 2.75) is 18.8 Å². The molecule has 1 fully saturated rings. The van der Waals surface area contributed by atoms with Crippen molar-refractivity contribution < 1.29 is 23.1 Å². The van der Waals surface area contributed by atoms with Crippen molar-refractivity contribution in [3.63, 3.8) is 0 Å². The van der Waals surface area contributed by atoms with Gasteiger partial charge < -0.3 is 5.11 Å². The van der Waals surface area contributed by atoms with Crippen LogP contribution in [0, 0.1) is 17.5 Å². The van der Waals surface area contributed by atoms with E-state index in [1.807, 2.05) is 0 Å². The van der Waals surface area contributed by atoms with E-state index in [0.717, 1.165) is 10.7 Å². The van der Waals surface area contributed by atoms with Crippen LogP contribution in [0.4, 0.5) is 13.2 Å². The number of benzene rings is 1. The molecule has 20 heavy (non-hydrogen) atoms. The zero-order chi connectivity index (χ0) is 14.4. The van der Waals surface area contributed by atoms with Crippen LogP contribution in [-0.4, -0.2) is 26.1 Å². The number of carboxylic acids is 1. The Bertz CT molecular complexity index is 710. The Balaban J connectivity index is 2.23. The number of aromatic nitrogens is 3. The highest BCUT2D eigenvalue weighted by molar-refractivity contribution is 5.87. The molecule has 104 valence electrons. The lowest BCUT2D eigenvalue weighted by atomic mass is 10.2. The number of carboxylic acid groups (broad SMARTS) is 1. The average molecular weight is 283 g/mol. The number of nitrogens with zero attached hydrogens (tertiary/aromatic N) is 3. The minimum atomic E-state index is -1.37.